The first-order valence-corrected chi connectivity index (χ1v) is 12.1. The smallest absolute Gasteiger partial charge is 0.309 e. The van der Waals surface area contributed by atoms with Gasteiger partial charge in [0, 0.05) is 11.3 Å². The summed E-state index contributed by atoms with van der Waals surface area (Å²) in [6.45, 7) is 4.32. The highest BCUT2D eigenvalue weighted by molar-refractivity contribution is 6.10. The first kappa shape index (κ1) is 21.0. The van der Waals surface area contributed by atoms with E-state index in [-0.39, 0.29) is 29.3 Å². The number of carboxylic acids is 1. The van der Waals surface area contributed by atoms with Crippen molar-refractivity contribution in [3.8, 4) is 0 Å². The lowest BCUT2D eigenvalue weighted by molar-refractivity contribution is -0.170. The van der Waals surface area contributed by atoms with Crippen LogP contribution in [0, 0.1) is 34.5 Å². The van der Waals surface area contributed by atoms with Crippen molar-refractivity contribution < 1.29 is 19.8 Å². The number of carbonyl (C=O) groups excluding carboxylic acids is 1. The molecule has 4 aliphatic rings. The fourth-order valence-corrected chi connectivity index (χ4v) is 7.94. The Morgan fingerprint density at radius 1 is 1.13 bits per heavy atom. The molecule has 168 valence electrons. The van der Waals surface area contributed by atoms with Crippen molar-refractivity contribution in [2.45, 2.75) is 77.4 Å². The number of anilines is 1. The van der Waals surface area contributed by atoms with E-state index in [0.717, 1.165) is 49.8 Å². The van der Waals surface area contributed by atoms with Crippen molar-refractivity contribution in [2.75, 3.05) is 5.32 Å². The zero-order valence-electron chi connectivity index (χ0n) is 18.6. The molecule has 8 atom stereocenters. The third-order valence-corrected chi connectivity index (χ3v) is 9.84. The molecule has 0 bridgehead atoms. The van der Waals surface area contributed by atoms with E-state index in [2.05, 4.69) is 12.2 Å². The number of nitrogens with one attached hydrogen (secondary N) is 1. The van der Waals surface area contributed by atoms with E-state index in [1.165, 1.54) is 0 Å². The van der Waals surface area contributed by atoms with Gasteiger partial charge in [-0.15, -0.1) is 0 Å². The molecule has 3 saturated carbocycles. The molecule has 1 heterocycles. The minimum Gasteiger partial charge on any atom is -0.481 e. The summed E-state index contributed by atoms with van der Waals surface area (Å²) in [5.74, 6) is 0.697. The van der Waals surface area contributed by atoms with E-state index in [1.807, 2.05) is 31.2 Å². The monoisotopic (exact) mass is 425 g/mol. The van der Waals surface area contributed by atoms with Crippen LogP contribution in [0.5, 0.6) is 0 Å². The van der Waals surface area contributed by atoms with Crippen LogP contribution < -0.4 is 5.32 Å². The van der Waals surface area contributed by atoms with Crippen LogP contribution in [-0.4, -0.2) is 34.1 Å². The number of aliphatic carboxylic acids is 1. The minimum absolute atomic E-state index is 0.0239. The summed E-state index contributed by atoms with van der Waals surface area (Å²) in [5.41, 5.74) is 0.985. The van der Waals surface area contributed by atoms with Gasteiger partial charge in [-0.2, -0.15) is 0 Å². The van der Waals surface area contributed by atoms with Gasteiger partial charge in [-0.05, 0) is 99.5 Å². The Bertz CT molecular complexity index is 899. The molecular weight excluding hydrogens is 390 g/mol. The Labute approximate surface area is 184 Å². The third-order valence-electron chi connectivity index (χ3n) is 9.84. The third kappa shape index (κ3) is 3.14. The lowest BCUT2D eigenvalue weighted by atomic mass is 9.44. The Hall–Kier alpha value is -1.88. The second-order valence-electron chi connectivity index (χ2n) is 11.2. The van der Waals surface area contributed by atoms with E-state index < -0.39 is 11.4 Å². The Balaban J connectivity index is 1.45. The molecule has 1 aromatic carbocycles. The SMILES string of the molecule is CC1(C(=O)O)CCC2C(CCC3CC(O)CCC32C)C1CC1Nc2ccccc2C1=O. The van der Waals surface area contributed by atoms with Crippen molar-refractivity contribution in [3.63, 3.8) is 0 Å². The molecule has 5 nitrogen and oxygen atoms in total. The summed E-state index contributed by atoms with van der Waals surface area (Å²) in [6, 6.07) is 7.29. The van der Waals surface area contributed by atoms with Gasteiger partial charge in [0.25, 0.3) is 0 Å². The summed E-state index contributed by atoms with van der Waals surface area (Å²) < 4.78 is 0. The van der Waals surface area contributed by atoms with Crippen LogP contribution >= 0.6 is 0 Å². The summed E-state index contributed by atoms with van der Waals surface area (Å²) in [6.07, 6.45) is 6.87. The van der Waals surface area contributed by atoms with Crippen LogP contribution in [0.3, 0.4) is 0 Å². The van der Waals surface area contributed by atoms with Crippen LogP contribution in [0.4, 0.5) is 5.69 Å². The zero-order valence-corrected chi connectivity index (χ0v) is 18.6. The number of fused-ring (bicyclic) bond motifs is 4. The lowest BCUT2D eigenvalue weighted by Crippen LogP contribution is -2.56. The highest BCUT2D eigenvalue weighted by Crippen LogP contribution is 2.63. The van der Waals surface area contributed by atoms with Gasteiger partial charge >= 0.3 is 5.97 Å². The summed E-state index contributed by atoms with van der Waals surface area (Å²) in [4.78, 5) is 25.6. The zero-order chi connectivity index (χ0) is 22.0. The van der Waals surface area contributed by atoms with Crippen LogP contribution in [0.2, 0.25) is 0 Å². The van der Waals surface area contributed by atoms with Gasteiger partial charge < -0.3 is 15.5 Å². The van der Waals surface area contributed by atoms with E-state index in [9.17, 15) is 19.8 Å². The summed E-state index contributed by atoms with van der Waals surface area (Å²) in [7, 11) is 0. The molecule has 0 aromatic heterocycles. The second-order valence-corrected chi connectivity index (χ2v) is 11.2. The topological polar surface area (TPSA) is 86.6 Å². The Morgan fingerprint density at radius 2 is 1.90 bits per heavy atom. The number of benzene rings is 1. The number of aliphatic hydroxyl groups is 1. The van der Waals surface area contributed by atoms with Crippen molar-refractivity contribution in [1.29, 1.82) is 0 Å². The van der Waals surface area contributed by atoms with Crippen LogP contribution in [0.25, 0.3) is 0 Å². The number of Topliss-reactive ketones (excluding diaryl/α,β-unsaturated/α-hetero) is 1. The predicted octanol–water partition coefficient (Wildman–Crippen LogP) is 4.75. The summed E-state index contributed by atoms with van der Waals surface area (Å²) >= 11 is 0. The van der Waals surface area contributed by atoms with E-state index in [4.69, 9.17) is 0 Å². The maximum absolute atomic E-state index is 13.1. The molecule has 5 rings (SSSR count). The van der Waals surface area contributed by atoms with Crippen LogP contribution in [0.1, 0.15) is 75.6 Å². The maximum atomic E-state index is 13.1. The quantitative estimate of drug-likeness (QED) is 0.651. The predicted molar refractivity (Wildman–Crippen MR) is 119 cm³/mol. The largest absolute Gasteiger partial charge is 0.481 e. The second kappa shape index (κ2) is 7.33. The fraction of sp³-hybridized carbons (Fsp3) is 0.692. The maximum Gasteiger partial charge on any atom is 0.309 e. The van der Waals surface area contributed by atoms with Crippen molar-refractivity contribution >= 4 is 17.4 Å². The molecule has 3 aliphatic carbocycles. The van der Waals surface area contributed by atoms with Gasteiger partial charge in [-0.1, -0.05) is 19.1 Å². The number of aliphatic hydroxyl groups excluding tert-OH is 1. The molecule has 31 heavy (non-hydrogen) atoms. The highest BCUT2D eigenvalue weighted by Gasteiger charge is 2.59. The van der Waals surface area contributed by atoms with Gasteiger partial charge in [0.1, 0.15) is 0 Å². The molecule has 1 aromatic rings. The van der Waals surface area contributed by atoms with Crippen LogP contribution in [-0.2, 0) is 4.79 Å². The number of hydrogen-bond donors (Lipinski definition) is 3. The number of ketones is 1. The van der Waals surface area contributed by atoms with E-state index in [0.29, 0.717) is 30.6 Å². The molecule has 0 radical (unpaired) electrons. The normalized spacial score (nSPS) is 44.0. The first-order chi connectivity index (χ1) is 14.7. The van der Waals surface area contributed by atoms with Gasteiger partial charge in [0.2, 0.25) is 0 Å². The number of rotatable bonds is 3. The van der Waals surface area contributed by atoms with Crippen molar-refractivity contribution in [2.24, 2.45) is 34.5 Å². The van der Waals surface area contributed by atoms with Crippen molar-refractivity contribution in [1.82, 2.24) is 0 Å². The number of hydrogen-bond acceptors (Lipinski definition) is 4. The average molecular weight is 426 g/mol. The minimum atomic E-state index is -0.796. The van der Waals surface area contributed by atoms with E-state index >= 15 is 0 Å². The molecule has 0 saturated heterocycles. The Kier molecular flexibility index (Phi) is 4.96. The van der Waals surface area contributed by atoms with Gasteiger partial charge in [0.15, 0.2) is 5.78 Å². The molecule has 3 N–H and O–H groups in total. The van der Waals surface area contributed by atoms with Crippen LogP contribution in [0.15, 0.2) is 24.3 Å². The Morgan fingerprint density at radius 3 is 2.65 bits per heavy atom. The van der Waals surface area contributed by atoms with Crippen molar-refractivity contribution in [3.05, 3.63) is 29.8 Å². The van der Waals surface area contributed by atoms with Gasteiger partial charge in [-0.25, -0.2) is 0 Å². The molecule has 5 heteroatoms. The number of carbonyl (C=O) groups is 2. The lowest BCUT2D eigenvalue weighted by Gasteiger charge is -2.60. The van der Waals surface area contributed by atoms with E-state index in [1.54, 1.807) is 0 Å². The molecule has 1 aliphatic heterocycles. The molecule has 0 spiro atoms. The average Bonchev–Trinajstić information content (AvgIpc) is 3.06. The standard InChI is InChI=1S/C26H35NO4/c1-25-11-9-16(28)13-15(25)7-8-17-19(25)10-12-26(2,24(30)31)20(17)14-22-23(29)18-5-3-4-6-21(18)27-22/h3-6,15-17,19-20,22,27-28H,7-14H2,1-2H3,(H,30,31). The highest BCUT2D eigenvalue weighted by atomic mass is 16.4. The number of para-hydroxylation sites is 1. The molecular formula is C26H35NO4. The summed E-state index contributed by atoms with van der Waals surface area (Å²) in [5, 5.41) is 23.9. The molecule has 0 amide bonds. The molecule has 8 unspecified atom stereocenters. The molecule has 3 fully saturated rings. The first-order valence-electron chi connectivity index (χ1n) is 12.1. The number of carboxylic acid groups (broad SMARTS) is 1. The fourth-order valence-electron chi connectivity index (χ4n) is 7.94. The van der Waals surface area contributed by atoms with Gasteiger partial charge in [-0.3, -0.25) is 9.59 Å². The van der Waals surface area contributed by atoms with Gasteiger partial charge in [0.05, 0.1) is 17.6 Å².